The molecule has 0 aliphatic rings. The minimum absolute atomic E-state index is 1.25. The van der Waals surface area contributed by atoms with Crippen LogP contribution >= 0.6 is 0 Å². The Morgan fingerprint density at radius 2 is 0.889 bits per heavy atom. The molecule has 0 heterocycles. The summed E-state index contributed by atoms with van der Waals surface area (Å²) in [5.74, 6) is 0. The Labute approximate surface area is 116 Å². The van der Waals surface area contributed by atoms with Crippen molar-refractivity contribution >= 4 is 0 Å². The molecule has 0 heteroatoms. The molecule has 0 aromatic carbocycles. The van der Waals surface area contributed by atoms with Gasteiger partial charge < -0.3 is 0 Å². The van der Waals surface area contributed by atoms with Crippen LogP contribution in [-0.2, 0) is 0 Å². The second-order valence-corrected chi connectivity index (χ2v) is 5.26. The Morgan fingerprint density at radius 3 is 1.44 bits per heavy atom. The van der Waals surface area contributed by atoms with Gasteiger partial charge in [-0.25, -0.2) is 0 Å². The highest BCUT2D eigenvalue weighted by atomic mass is 13.9. The molecule has 0 fully saturated rings. The summed E-state index contributed by atoms with van der Waals surface area (Å²) in [6.45, 7) is 4.53. The first kappa shape index (κ1) is 17.5. The van der Waals surface area contributed by atoms with Gasteiger partial charge in [-0.05, 0) is 25.7 Å². The third-order valence-electron chi connectivity index (χ3n) is 3.33. The topological polar surface area (TPSA) is 0 Å². The van der Waals surface area contributed by atoms with Gasteiger partial charge in [0, 0.05) is 0 Å². The maximum atomic E-state index is 2.32. The van der Waals surface area contributed by atoms with E-state index in [1.165, 1.54) is 77.0 Å². The summed E-state index contributed by atoms with van der Waals surface area (Å²) in [5.41, 5.74) is 0. The van der Waals surface area contributed by atoms with E-state index in [2.05, 4.69) is 38.2 Å². The lowest BCUT2D eigenvalue weighted by Crippen LogP contribution is -1.78. The van der Waals surface area contributed by atoms with E-state index in [1.807, 2.05) is 0 Å². The van der Waals surface area contributed by atoms with E-state index < -0.39 is 0 Å². The zero-order valence-electron chi connectivity index (χ0n) is 12.8. The Morgan fingerprint density at radius 1 is 0.500 bits per heavy atom. The average molecular weight is 250 g/mol. The minimum atomic E-state index is 1.25. The standard InChI is InChI=1S/C18H34/c1-3-5-7-9-11-13-15-17-18-16-14-12-10-8-6-4-2/h11,13,15,17H,3-10,12,14,16,18H2,1-2H3/b13-11+,17-15?. The molecule has 0 nitrogen and oxygen atoms in total. The second-order valence-electron chi connectivity index (χ2n) is 5.26. The second kappa shape index (κ2) is 16.5. The molecule has 0 saturated carbocycles. The highest BCUT2D eigenvalue weighted by molar-refractivity contribution is 5.02. The van der Waals surface area contributed by atoms with Gasteiger partial charge in [-0.3, -0.25) is 0 Å². The molecule has 0 aliphatic carbocycles. The van der Waals surface area contributed by atoms with Gasteiger partial charge in [0.1, 0.15) is 0 Å². The van der Waals surface area contributed by atoms with E-state index in [0.29, 0.717) is 0 Å². The Kier molecular flexibility index (Phi) is 16.0. The molecule has 0 bridgehead atoms. The van der Waals surface area contributed by atoms with Gasteiger partial charge in [-0.1, -0.05) is 89.5 Å². The lowest BCUT2D eigenvalue weighted by Gasteiger charge is -1.98. The van der Waals surface area contributed by atoms with Crippen molar-refractivity contribution in [3.63, 3.8) is 0 Å². The molecule has 0 N–H and O–H groups in total. The van der Waals surface area contributed by atoms with E-state index >= 15 is 0 Å². The maximum Gasteiger partial charge on any atom is -0.0348 e. The highest BCUT2D eigenvalue weighted by Gasteiger charge is 1.88. The smallest absolute Gasteiger partial charge is 0.0348 e. The van der Waals surface area contributed by atoms with Crippen molar-refractivity contribution in [3.8, 4) is 0 Å². The fraction of sp³-hybridized carbons (Fsp3) is 0.778. The van der Waals surface area contributed by atoms with E-state index in [-0.39, 0.29) is 0 Å². The zero-order chi connectivity index (χ0) is 13.3. The summed E-state index contributed by atoms with van der Waals surface area (Å²) < 4.78 is 0. The number of allylic oxidation sites excluding steroid dienone is 4. The summed E-state index contributed by atoms with van der Waals surface area (Å²) in [7, 11) is 0. The van der Waals surface area contributed by atoms with Crippen LogP contribution in [0.15, 0.2) is 24.3 Å². The molecule has 0 amide bonds. The molecule has 0 spiro atoms. The van der Waals surface area contributed by atoms with Crippen LogP contribution in [0, 0.1) is 0 Å². The number of hydrogen-bond acceptors (Lipinski definition) is 0. The molecule has 0 rings (SSSR count). The van der Waals surface area contributed by atoms with Crippen LogP contribution in [0.5, 0.6) is 0 Å². The molecule has 0 radical (unpaired) electrons. The normalized spacial score (nSPS) is 11.9. The first-order valence-electron chi connectivity index (χ1n) is 8.23. The zero-order valence-corrected chi connectivity index (χ0v) is 12.8. The van der Waals surface area contributed by atoms with Crippen LogP contribution in [0.1, 0.15) is 90.9 Å². The van der Waals surface area contributed by atoms with Gasteiger partial charge in [0.05, 0.1) is 0 Å². The molecule has 106 valence electrons. The monoisotopic (exact) mass is 250 g/mol. The van der Waals surface area contributed by atoms with Crippen molar-refractivity contribution in [1.29, 1.82) is 0 Å². The van der Waals surface area contributed by atoms with Gasteiger partial charge in [-0.15, -0.1) is 0 Å². The van der Waals surface area contributed by atoms with Crippen molar-refractivity contribution in [3.05, 3.63) is 24.3 Å². The van der Waals surface area contributed by atoms with Gasteiger partial charge in [-0.2, -0.15) is 0 Å². The Balaban J connectivity index is 3.13. The van der Waals surface area contributed by atoms with E-state index in [4.69, 9.17) is 0 Å². The molecule has 0 atom stereocenters. The minimum Gasteiger partial charge on any atom is -0.0845 e. The predicted octanol–water partition coefficient (Wildman–Crippen LogP) is 6.82. The van der Waals surface area contributed by atoms with Gasteiger partial charge >= 0.3 is 0 Å². The molecule has 18 heavy (non-hydrogen) atoms. The van der Waals surface area contributed by atoms with Crippen LogP contribution in [0.2, 0.25) is 0 Å². The predicted molar refractivity (Wildman–Crippen MR) is 85.0 cm³/mol. The number of unbranched alkanes of at least 4 members (excludes halogenated alkanes) is 10. The largest absolute Gasteiger partial charge is 0.0845 e. The number of rotatable bonds is 13. The Bertz CT molecular complexity index is 188. The molecule has 0 unspecified atom stereocenters. The first-order valence-corrected chi connectivity index (χ1v) is 8.23. The molecule has 0 aliphatic heterocycles. The summed E-state index contributed by atoms with van der Waals surface area (Å²) >= 11 is 0. The SMILES string of the molecule is CCCCC/C=C/C=CCCCCCCCCC. The third kappa shape index (κ3) is 15.5. The number of hydrogen-bond donors (Lipinski definition) is 0. The molecule has 0 saturated heterocycles. The van der Waals surface area contributed by atoms with Crippen molar-refractivity contribution in [2.45, 2.75) is 90.9 Å². The summed E-state index contributed by atoms with van der Waals surface area (Å²) in [5, 5.41) is 0. The molecular formula is C18H34. The third-order valence-corrected chi connectivity index (χ3v) is 3.33. The molecular weight excluding hydrogens is 216 g/mol. The van der Waals surface area contributed by atoms with E-state index in [0.717, 1.165) is 0 Å². The van der Waals surface area contributed by atoms with Crippen LogP contribution in [0.3, 0.4) is 0 Å². The van der Waals surface area contributed by atoms with Crippen molar-refractivity contribution in [2.75, 3.05) is 0 Å². The Hall–Kier alpha value is -0.520. The lowest BCUT2D eigenvalue weighted by atomic mass is 10.1. The quantitative estimate of drug-likeness (QED) is 0.248. The molecule has 0 aromatic heterocycles. The van der Waals surface area contributed by atoms with Crippen LogP contribution in [0.25, 0.3) is 0 Å². The molecule has 0 aromatic rings. The average Bonchev–Trinajstić information content (AvgIpc) is 2.39. The first-order chi connectivity index (χ1) is 8.91. The lowest BCUT2D eigenvalue weighted by molar-refractivity contribution is 0.592. The fourth-order valence-electron chi connectivity index (χ4n) is 2.08. The van der Waals surface area contributed by atoms with E-state index in [9.17, 15) is 0 Å². The van der Waals surface area contributed by atoms with Crippen molar-refractivity contribution in [1.82, 2.24) is 0 Å². The van der Waals surface area contributed by atoms with Gasteiger partial charge in [0.2, 0.25) is 0 Å². The van der Waals surface area contributed by atoms with Crippen LogP contribution < -0.4 is 0 Å². The fourth-order valence-corrected chi connectivity index (χ4v) is 2.08. The van der Waals surface area contributed by atoms with Gasteiger partial charge in [0.25, 0.3) is 0 Å². The van der Waals surface area contributed by atoms with Crippen molar-refractivity contribution in [2.24, 2.45) is 0 Å². The highest BCUT2D eigenvalue weighted by Crippen LogP contribution is 2.08. The van der Waals surface area contributed by atoms with Gasteiger partial charge in [0.15, 0.2) is 0 Å². The summed E-state index contributed by atoms with van der Waals surface area (Å²) in [6.07, 6.45) is 25.5. The maximum absolute atomic E-state index is 2.32. The van der Waals surface area contributed by atoms with E-state index in [1.54, 1.807) is 0 Å². The summed E-state index contributed by atoms with van der Waals surface area (Å²) in [6, 6.07) is 0. The van der Waals surface area contributed by atoms with Crippen LogP contribution in [0.4, 0.5) is 0 Å². The summed E-state index contributed by atoms with van der Waals surface area (Å²) in [4.78, 5) is 0. The van der Waals surface area contributed by atoms with Crippen LogP contribution in [-0.4, -0.2) is 0 Å². The van der Waals surface area contributed by atoms with Crippen molar-refractivity contribution < 1.29 is 0 Å².